The minimum Gasteiger partial charge on any atom is -0.412 e. The summed E-state index contributed by atoms with van der Waals surface area (Å²) in [5, 5.41) is 2.38. The molecular formula is C14H14N2O. The van der Waals surface area contributed by atoms with Crippen LogP contribution in [0.15, 0.2) is 36.7 Å². The number of aromatic nitrogens is 2. The molecule has 0 fully saturated rings. The first-order chi connectivity index (χ1) is 7.77. The normalized spacial score (nSPS) is 10.5. The van der Waals surface area contributed by atoms with E-state index in [1.807, 2.05) is 24.5 Å². The Hall–Kier alpha value is -2.00. The highest BCUT2D eigenvalue weighted by Crippen LogP contribution is 2.25. The summed E-state index contributed by atoms with van der Waals surface area (Å²) in [7, 11) is 0. The molecule has 0 aliphatic heterocycles. The summed E-state index contributed by atoms with van der Waals surface area (Å²) in [5.41, 5.74) is 4.49. The molecule has 0 spiro atoms. The topological polar surface area (TPSA) is 57.3 Å². The van der Waals surface area contributed by atoms with E-state index in [0.717, 1.165) is 11.0 Å². The zero-order valence-electron chi connectivity index (χ0n) is 9.86. The SMILES string of the molecule is Cc1ccnc2c1ccc1c(C)ccnc12.O. The van der Waals surface area contributed by atoms with Crippen LogP contribution in [0, 0.1) is 13.8 Å². The second-order valence-corrected chi connectivity index (χ2v) is 4.11. The van der Waals surface area contributed by atoms with Gasteiger partial charge in [-0.15, -0.1) is 0 Å². The fraction of sp³-hybridized carbons (Fsp3) is 0.143. The monoisotopic (exact) mass is 226 g/mol. The predicted molar refractivity (Wildman–Crippen MR) is 70.1 cm³/mol. The molecule has 2 N–H and O–H groups in total. The molecule has 3 heteroatoms. The van der Waals surface area contributed by atoms with Crippen LogP contribution in [0.25, 0.3) is 21.8 Å². The van der Waals surface area contributed by atoms with Crippen molar-refractivity contribution in [1.82, 2.24) is 9.97 Å². The van der Waals surface area contributed by atoms with E-state index >= 15 is 0 Å². The molecule has 3 aromatic rings. The fourth-order valence-electron chi connectivity index (χ4n) is 2.10. The summed E-state index contributed by atoms with van der Waals surface area (Å²) in [6, 6.07) is 8.33. The highest BCUT2D eigenvalue weighted by molar-refractivity contribution is 6.04. The van der Waals surface area contributed by atoms with Crippen molar-refractivity contribution < 1.29 is 5.48 Å². The van der Waals surface area contributed by atoms with E-state index in [1.54, 1.807) is 0 Å². The van der Waals surface area contributed by atoms with E-state index in [4.69, 9.17) is 0 Å². The molecule has 0 bridgehead atoms. The lowest BCUT2D eigenvalue weighted by atomic mass is 10.0. The van der Waals surface area contributed by atoms with Crippen molar-refractivity contribution in [2.45, 2.75) is 13.8 Å². The van der Waals surface area contributed by atoms with E-state index in [1.165, 1.54) is 21.9 Å². The van der Waals surface area contributed by atoms with Gasteiger partial charge in [0, 0.05) is 23.2 Å². The molecule has 2 aromatic heterocycles. The number of pyridine rings is 2. The van der Waals surface area contributed by atoms with Gasteiger partial charge in [-0.05, 0) is 37.1 Å². The van der Waals surface area contributed by atoms with Gasteiger partial charge in [-0.3, -0.25) is 9.97 Å². The zero-order chi connectivity index (χ0) is 11.1. The van der Waals surface area contributed by atoms with Crippen molar-refractivity contribution >= 4 is 21.8 Å². The Morgan fingerprint density at radius 1 is 0.706 bits per heavy atom. The van der Waals surface area contributed by atoms with Gasteiger partial charge in [-0.2, -0.15) is 0 Å². The van der Waals surface area contributed by atoms with Crippen molar-refractivity contribution in [2.75, 3.05) is 0 Å². The maximum atomic E-state index is 4.45. The van der Waals surface area contributed by atoms with E-state index in [2.05, 4.69) is 35.9 Å². The number of rotatable bonds is 0. The fourth-order valence-corrected chi connectivity index (χ4v) is 2.10. The van der Waals surface area contributed by atoms with Gasteiger partial charge in [0.2, 0.25) is 0 Å². The first kappa shape index (κ1) is 11.5. The molecule has 1 aromatic carbocycles. The van der Waals surface area contributed by atoms with Gasteiger partial charge in [0.1, 0.15) is 0 Å². The highest BCUT2D eigenvalue weighted by Gasteiger charge is 2.05. The molecule has 0 atom stereocenters. The van der Waals surface area contributed by atoms with Crippen molar-refractivity contribution in [2.24, 2.45) is 0 Å². The van der Waals surface area contributed by atoms with Gasteiger partial charge in [0.05, 0.1) is 11.0 Å². The standard InChI is InChI=1S/C14H12N2.H2O/c1-9-5-7-15-13-11(9)3-4-12-10(2)6-8-16-14(12)13;/h3-8H,1-2H3;1H2. The van der Waals surface area contributed by atoms with Crippen molar-refractivity contribution in [3.8, 4) is 0 Å². The molecule has 3 nitrogen and oxygen atoms in total. The summed E-state index contributed by atoms with van der Waals surface area (Å²) in [6.07, 6.45) is 3.70. The lowest BCUT2D eigenvalue weighted by Crippen LogP contribution is -1.88. The van der Waals surface area contributed by atoms with Gasteiger partial charge in [0.15, 0.2) is 0 Å². The van der Waals surface area contributed by atoms with Crippen molar-refractivity contribution in [1.29, 1.82) is 0 Å². The van der Waals surface area contributed by atoms with Crippen LogP contribution in [-0.2, 0) is 0 Å². The maximum Gasteiger partial charge on any atom is 0.0967 e. The third-order valence-corrected chi connectivity index (χ3v) is 3.06. The summed E-state index contributed by atoms with van der Waals surface area (Å²) < 4.78 is 0. The van der Waals surface area contributed by atoms with Crippen molar-refractivity contribution in [3.63, 3.8) is 0 Å². The Balaban J connectivity index is 0.00000108. The Labute approximate surface area is 99.4 Å². The van der Waals surface area contributed by atoms with Gasteiger partial charge in [0.25, 0.3) is 0 Å². The summed E-state index contributed by atoms with van der Waals surface area (Å²) >= 11 is 0. The largest absolute Gasteiger partial charge is 0.412 e. The highest BCUT2D eigenvalue weighted by atomic mass is 16.0. The van der Waals surface area contributed by atoms with Gasteiger partial charge < -0.3 is 5.48 Å². The second-order valence-electron chi connectivity index (χ2n) is 4.11. The molecule has 0 saturated heterocycles. The molecule has 86 valence electrons. The lowest BCUT2D eigenvalue weighted by Gasteiger charge is -2.06. The minimum atomic E-state index is 0. The van der Waals surface area contributed by atoms with E-state index in [-0.39, 0.29) is 5.48 Å². The summed E-state index contributed by atoms with van der Waals surface area (Å²) in [6.45, 7) is 4.21. The minimum absolute atomic E-state index is 0. The molecule has 0 radical (unpaired) electrons. The third kappa shape index (κ3) is 1.65. The summed E-state index contributed by atoms with van der Waals surface area (Å²) in [4.78, 5) is 8.90. The smallest absolute Gasteiger partial charge is 0.0967 e. The first-order valence-corrected chi connectivity index (χ1v) is 5.37. The van der Waals surface area contributed by atoms with Gasteiger partial charge in [-0.25, -0.2) is 0 Å². The number of nitrogens with zero attached hydrogens (tertiary/aromatic N) is 2. The molecular weight excluding hydrogens is 212 g/mol. The average Bonchev–Trinajstić information content (AvgIpc) is 2.30. The van der Waals surface area contributed by atoms with E-state index in [0.29, 0.717) is 0 Å². The molecule has 0 aliphatic carbocycles. The van der Waals surface area contributed by atoms with Crippen LogP contribution in [0.1, 0.15) is 11.1 Å². The quantitative estimate of drug-likeness (QED) is 0.553. The Morgan fingerprint density at radius 3 is 1.53 bits per heavy atom. The number of aryl methyl sites for hydroxylation is 2. The molecule has 17 heavy (non-hydrogen) atoms. The number of hydrogen-bond donors (Lipinski definition) is 0. The Morgan fingerprint density at radius 2 is 1.12 bits per heavy atom. The van der Waals surface area contributed by atoms with Crippen LogP contribution in [0.2, 0.25) is 0 Å². The lowest BCUT2D eigenvalue weighted by molar-refractivity contribution is 0.824. The predicted octanol–water partition coefficient (Wildman–Crippen LogP) is 2.58. The number of fused-ring (bicyclic) bond motifs is 3. The zero-order valence-corrected chi connectivity index (χ0v) is 9.86. The third-order valence-electron chi connectivity index (χ3n) is 3.06. The van der Waals surface area contributed by atoms with Crippen LogP contribution >= 0.6 is 0 Å². The summed E-state index contributed by atoms with van der Waals surface area (Å²) in [5.74, 6) is 0. The second kappa shape index (κ2) is 4.11. The van der Waals surface area contributed by atoms with E-state index < -0.39 is 0 Å². The number of hydrogen-bond acceptors (Lipinski definition) is 2. The van der Waals surface area contributed by atoms with Crippen LogP contribution in [0.4, 0.5) is 0 Å². The first-order valence-electron chi connectivity index (χ1n) is 5.37. The van der Waals surface area contributed by atoms with Crippen LogP contribution < -0.4 is 0 Å². The van der Waals surface area contributed by atoms with Crippen molar-refractivity contribution in [3.05, 3.63) is 47.8 Å². The van der Waals surface area contributed by atoms with Crippen LogP contribution in [-0.4, -0.2) is 15.4 Å². The molecule has 2 heterocycles. The Kier molecular flexibility index (Phi) is 2.77. The van der Waals surface area contributed by atoms with Crippen LogP contribution in [0.5, 0.6) is 0 Å². The molecule has 0 saturated carbocycles. The molecule has 0 unspecified atom stereocenters. The maximum absolute atomic E-state index is 4.45. The van der Waals surface area contributed by atoms with Crippen LogP contribution in [0.3, 0.4) is 0 Å². The molecule has 0 amide bonds. The van der Waals surface area contributed by atoms with E-state index in [9.17, 15) is 0 Å². The number of benzene rings is 1. The molecule has 3 rings (SSSR count). The van der Waals surface area contributed by atoms with Gasteiger partial charge in [-0.1, -0.05) is 12.1 Å². The molecule has 0 aliphatic rings. The average molecular weight is 226 g/mol. The van der Waals surface area contributed by atoms with Gasteiger partial charge >= 0.3 is 0 Å². The Bertz CT molecular complexity index is 631.